The van der Waals surface area contributed by atoms with Crippen molar-refractivity contribution >= 4 is 23.4 Å². The van der Waals surface area contributed by atoms with Crippen LogP contribution >= 0.6 is 11.8 Å². The summed E-state index contributed by atoms with van der Waals surface area (Å²) >= 11 is 1.93. The summed E-state index contributed by atoms with van der Waals surface area (Å²) < 4.78 is 5.39. The van der Waals surface area contributed by atoms with Gasteiger partial charge >= 0.3 is 0 Å². The van der Waals surface area contributed by atoms with E-state index < -0.39 is 0 Å². The Morgan fingerprint density at radius 1 is 1.38 bits per heavy atom. The topological polar surface area (TPSA) is 64.3 Å². The first-order chi connectivity index (χ1) is 10.1. The predicted octanol–water partition coefficient (Wildman–Crippen LogP) is 3.07. The zero-order valence-corrected chi connectivity index (χ0v) is 13.5. The van der Waals surface area contributed by atoms with E-state index in [1.165, 1.54) is 12.8 Å². The lowest BCUT2D eigenvalue weighted by Gasteiger charge is -2.28. The van der Waals surface area contributed by atoms with E-state index in [1.807, 2.05) is 18.7 Å². The van der Waals surface area contributed by atoms with Crippen molar-refractivity contribution in [1.82, 2.24) is 5.32 Å². The summed E-state index contributed by atoms with van der Waals surface area (Å²) in [5.74, 6) is 0.590. The number of amides is 1. The summed E-state index contributed by atoms with van der Waals surface area (Å²) in [6.07, 6.45) is 6.63. The molecule has 4 nitrogen and oxygen atoms in total. The van der Waals surface area contributed by atoms with Crippen LogP contribution in [0.1, 0.15) is 43.0 Å². The highest BCUT2D eigenvalue weighted by Crippen LogP contribution is 2.27. The van der Waals surface area contributed by atoms with Gasteiger partial charge in [0.1, 0.15) is 5.75 Å². The number of carbonyl (C=O) groups excluding carboxylic acids is 1. The summed E-state index contributed by atoms with van der Waals surface area (Å²) in [6, 6.07) is 5.50. The molecule has 1 aliphatic rings. The molecule has 3 N–H and O–H groups in total. The highest BCUT2D eigenvalue weighted by atomic mass is 32.2. The van der Waals surface area contributed by atoms with E-state index in [1.54, 1.807) is 18.2 Å². The minimum absolute atomic E-state index is 0.0441. The van der Waals surface area contributed by atoms with E-state index in [0.29, 0.717) is 23.6 Å². The maximum atomic E-state index is 12.3. The van der Waals surface area contributed by atoms with Gasteiger partial charge in [-0.1, -0.05) is 0 Å². The Morgan fingerprint density at radius 3 is 2.67 bits per heavy atom. The van der Waals surface area contributed by atoms with E-state index >= 15 is 0 Å². The number of ether oxygens (including phenoxy) is 1. The van der Waals surface area contributed by atoms with Crippen LogP contribution in [0.25, 0.3) is 0 Å². The molecule has 0 atom stereocenters. The number of nitrogen functional groups attached to an aromatic ring is 1. The van der Waals surface area contributed by atoms with Crippen molar-refractivity contribution in [1.29, 1.82) is 0 Å². The van der Waals surface area contributed by atoms with Crippen molar-refractivity contribution in [3.8, 4) is 5.75 Å². The third-order valence-corrected chi connectivity index (χ3v) is 5.05. The van der Waals surface area contributed by atoms with Crippen LogP contribution in [-0.2, 0) is 0 Å². The van der Waals surface area contributed by atoms with Crippen LogP contribution in [0.4, 0.5) is 5.69 Å². The van der Waals surface area contributed by atoms with Gasteiger partial charge in [0.15, 0.2) is 0 Å². The van der Waals surface area contributed by atoms with E-state index in [2.05, 4.69) is 11.6 Å². The molecule has 1 amide bonds. The summed E-state index contributed by atoms with van der Waals surface area (Å²) in [5, 5.41) is 3.86. The van der Waals surface area contributed by atoms with Crippen LogP contribution in [0.2, 0.25) is 0 Å². The van der Waals surface area contributed by atoms with Crippen LogP contribution in [0.15, 0.2) is 18.2 Å². The van der Waals surface area contributed by atoms with Crippen molar-refractivity contribution in [2.75, 3.05) is 18.6 Å². The Labute approximate surface area is 130 Å². The van der Waals surface area contributed by atoms with Crippen molar-refractivity contribution in [3.05, 3.63) is 23.8 Å². The summed E-state index contributed by atoms with van der Waals surface area (Å²) in [5.41, 5.74) is 7.02. The van der Waals surface area contributed by atoms with Crippen LogP contribution < -0.4 is 15.8 Å². The average molecular weight is 308 g/mol. The number of carbonyl (C=O) groups is 1. The average Bonchev–Trinajstić information content (AvgIpc) is 2.50. The lowest BCUT2D eigenvalue weighted by Crippen LogP contribution is -2.38. The Balaban J connectivity index is 1.93. The molecule has 0 spiro atoms. The lowest BCUT2D eigenvalue weighted by molar-refractivity contribution is 0.0928. The number of anilines is 1. The summed E-state index contributed by atoms with van der Waals surface area (Å²) in [4.78, 5) is 12.3. The number of nitrogens with one attached hydrogen (secondary N) is 1. The SMILES string of the molecule is CCOc1ccc(C(=O)NC2CCC(SC)CC2)cc1N. The number of hydrogen-bond acceptors (Lipinski definition) is 4. The fraction of sp³-hybridized carbons (Fsp3) is 0.562. The number of thioether (sulfide) groups is 1. The molecule has 0 saturated heterocycles. The third-order valence-electron chi connectivity index (χ3n) is 3.91. The molecular weight excluding hydrogens is 284 g/mol. The van der Waals surface area contributed by atoms with E-state index in [0.717, 1.165) is 18.1 Å². The molecular formula is C16H24N2O2S. The number of hydrogen-bond donors (Lipinski definition) is 2. The van der Waals surface area contributed by atoms with E-state index in [9.17, 15) is 4.79 Å². The van der Waals surface area contributed by atoms with Crippen LogP contribution in [0, 0.1) is 0 Å². The zero-order valence-electron chi connectivity index (χ0n) is 12.7. The van der Waals surface area contributed by atoms with Crippen molar-refractivity contribution in [3.63, 3.8) is 0 Å². The predicted molar refractivity (Wildman–Crippen MR) is 89.0 cm³/mol. The number of rotatable bonds is 5. The molecule has 1 saturated carbocycles. The monoisotopic (exact) mass is 308 g/mol. The van der Waals surface area contributed by atoms with Gasteiger partial charge in [0.2, 0.25) is 0 Å². The van der Waals surface area contributed by atoms with Gasteiger partial charge in [-0.2, -0.15) is 11.8 Å². The maximum Gasteiger partial charge on any atom is 0.251 e. The molecule has 1 aromatic rings. The van der Waals surface area contributed by atoms with Crippen LogP contribution in [0.5, 0.6) is 5.75 Å². The Hall–Kier alpha value is -1.36. The molecule has 21 heavy (non-hydrogen) atoms. The highest BCUT2D eigenvalue weighted by molar-refractivity contribution is 7.99. The van der Waals surface area contributed by atoms with Gasteiger partial charge in [-0.25, -0.2) is 0 Å². The standard InChI is InChI=1S/C16H24N2O2S/c1-3-20-15-9-4-11(10-14(15)17)16(19)18-12-5-7-13(21-2)8-6-12/h4,9-10,12-13H,3,5-8,17H2,1-2H3,(H,18,19). The molecule has 0 bridgehead atoms. The van der Waals surface area contributed by atoms with Gasteiger partial charge in [0, 0.05) is 16.9 Å². The lowest BCUT2D eigenvalue weighted by atomic mass is 9.94. The van der Waals surface area contributed by atoms with Crippen LogP contribution in [0.3, 0.4) is 0 Å². The zero-order chi connectivity index (χ0) is 15.2. The van der Waals surface area contributed by atoms with Gasteiger partial charge < -0.3 is 15.8 Å². The maximum absolute atomic E-state index is 12.3. The van der Waals surface area contributed by atoms with E-state index in [-0.39, 0.29) is 11.9 Å². The largest absolute Gasteiger partial charge is 0.492 e. The third kappa shape index (κ3) is 4.30. The Kier molecular flexibility index (Phi) is 5.79. The molecule has 0 heterocycles. The van der Waals surface area contributed by atoms with Crippen molar-refractivity contribution in [2.24, 2.45) is 0 Å². The molecule has 116 valence electrons. The second kappa shape index (κ2) is 7.59. The van der Waals surface area contributed by atoms with Gasteiger partial charge in [0.25, 0.3) is 5.91 Å². The molecule has 1 aromatic carbocycles. The molecule has 0 aliphatic heterocycles. The first-order valence-electron chi connectivity index (χ1n) is 7.50. The van der Waals surface area contributed by atoms with Crippen molar-refractivity contribution < 1.29 is 9.53 Å². The number of nitrogens with two attached hydrogens (primary N) is 1. The summed E-state index contributed by atoms with van der Waals surface area (Å²) in [6.45, 7) is 2.47. The van der Waals surface area contributed by atoms with Gasteiger partial charge in [-0.05, 0) is 57.1 Å². The second-order valence-corrected chi connectivity index (χ2v) is 6.51. The molecule has 1 aliphatic carbocycles. The molecule has 0 unspecified atom stereocenters. The smallest absolute Gasteiger partial charge is 0.251 e. The number of benzene rings is 1. The molecule has 2 rings (SSSR count). The first-order valence-corrected chi connectivity index (χ1v) is 8.78. The molecule has 5 heteroatoms. The highest BCUT2D eigenvalue weighted by Gasteiger charge is 2.22. The molecule has 0 aromatic heterocycles. The van der Waals surface area contributed by atoms with Gasteiger partial charge in [-0.3, -0.25) is 4.79 Å². The van der Waals surface area contributed by atoms with Gasteiger partial charge in [-0.15, -0.1) is 0 Å². The van der Waals surface area contributed by atoms with Crippen molar-refractivity contribution in [2.45, 2.75) is 43.9 Å². The minimum Gasteiger partial charge on any atom is -0.492 e. The molecule has 0 radical (unpaired) electrons. The Bertz CT molecular complexity index is 485. The normalized spacial score (nSPS) is 21.8. The minimum atomic E-state index is -0.0441. The van der Waals surface area contributed by atoms with Crippen LogP contribution in [-0.4, -0.2) is 30.1 Å². The first kappa shape index (κ1) is 16.0. The molecule has 1 fully saturated rings. The Morgan fingerprint density at radius 2 is 2.10 bits per heavy atom. The quantitative estimate of drug-likeness (QED) is 0.821. The summed E-state index contributed by atoms with van der Waals surface area (Å²) in [7, 11) is 0. The van der Waals surface area contributed by atoms with Gasteiger partial charge in [0.05, 0.1) is 12.3 Å². The fourth-order valence-electron chi connectivity index (χ4n) is 2.69. The fourth-order valence-corrected chi connectivity index (χ4v) is 3.43. The second-order valence-electron chi connectivity index (χ2n) is 5.37. The van der Waals surface area contributed by atoms with E-state index in [4.69, 9.17) is 10.5 Å².